The Hall–Kier alpha value is -3.23. The van der Waals surface area contributed by atoms with Crippen LogP contribution in [-0.2, 0) is 14.8 Å². The fraction of sp³-hybridized carbons (Fsp3) is 0.174. The van der Waals surface area contributed by atoms with Crippen molar-refractivity contribution in [3.05, 3.63) is 77.8 Å². The summed E-state index contributed by atoms with van der Waals surface area (Å²) in [4.78, 5) is 12.9. The van der Waals surface area contributed by atoms with Crippen LogP contribution in [0.4, 0.5) is 11.4 Å². The van der Waals surface area contributed by atoms with E-state index in [9.17, 15) is 13.2 Å². The molecular weight excluding hydrogens is 452 g/mol. The lowest BCUT2D eigenvalue weighted by molar-refractivity contribution is -0.114. The van der Waals surface area contributed by atoms with Gasteiger partial charge in [-0.1, -0.05) is 23.7 Å². The number of methoxy groups -OCH3 is 1. The van der Waals surface area contributed by atoms with Crippen molar-refractivity contribution in [3.8, 4) is 11.5 Å². The number of para-hydroxylation sites is 2. The molecule has 0 saturated heterocycles. The predicted octanol–water partition coefficient (Wildman–Crippen LogP) is 4.58. The Kier molecular flexibility index (Phi) is 7.61. The maximum absolute atomic E-state index is 13.4. The van der Waals surface area contributed by atoms with E-state index in [0.717, 1.165) is 4.31 Å². The zero-order valence-electron chi connectivity index (χ0n) is 17.6. The first kappa shape index (κ1) is 23.4. The van der Waals surface area contributed by atoms with Gasteiger partial charge < -0.3 is 14.8 Å². The van der Waals surface area contributed by atoms with Crippen LogP contribution in [0.25, 0.3) is 0 Å². The smallest absolute Gasteiger partial charge is 0.264 e. The number of sulfonamides is 1. The molecular formula is C23H23ClN2O5S. The molecule has 0 atom stereocenters. The summed E-state index contributed by atoms with van der Waals surface area (Å²) in [5.41, 5.74) is 0.758. The van der Waals surface area contributed by atoms with Gasteiger partial charge in [-0.2, -0.15) is 0 Å². The summed E-state index contributed by atoms with van der Waals surface area (Å²) in [5, 5.41) is 3.12. The molecule has 1 amide bonds. The van der Waals surface area contributed by atoms with Crippen LogP contribution in [0.3, 0.4) is 0 Å². The van der Waals surface area contributed by atoms with Gasteiger partial charge in [-0.05, 0) is 67.6 Å². The van der Waals surface area contributed by atoms with Crippen molar-refractivity contribution in [2.45, 2.75) is 11.8 Å². The van der Waals surface area contributed by atoms with E-state index in [1.54, 1.807) is 48.5 Å². The van der Waals surface area contributed by atoms with Gasteiger partial charge in [-0.25, -0.2) is 8.42 Å². The lowest BCUT2D eigenvalue weighted by atomic mass is 10.3. The minimum atomic E-state index is -4.06. The van der Waals surface area contributed by atoms with Crippen LogP contribution in [0.5, 0.6) is 11.5 Å². The number of nitrogens with zero attached hydrogens (tertiary/aromatic N) is 1. The van der Waals surface area contributed by atoms with E-state index >= 15 is 0 Å². The molecule has 0 saturated carbocycles. The van der Waals surface area contributed by atoms with Gasteiger partial charge >= 0.3 is 0 Å². The van der Waals surface area contributed by atoms with Crippen molar-refractivity contribution < 1.29 is 22.7 Å². The Bertz CT molecular complexity index is 1170. The van der Waals surface area contributed by atoms with Crippen molar-refractivity contribution in [1.82, 2.24) is 0 Å². The maximum Gasteiger partial charge on any atom is 0.264 e. The number of halogens is 1. The average molecular weight is 475 g/mol. The quantitative estimate of drug-likeness (QED) is 0.490. The molecule has 0 heterocycles. The van der Waals surface area contributed by atoms with Gasteiger partial charge in [0.25, 0.3) is 10.0 Å². The number of carbonyl (C=O) groups excluding carboxylic acids is 1. The summed E-state index contributed by atoms with van der Waals surface area (Å²) in [7, 11) is -2.57. The molecule has 3 aromatic carbocycles. The molecule has 0 spiro atoms. The van der Waals surface area contributed by atoms with E-state index in [1.807, 2.05) is 6.92 Å². The Morgan fingerprint density at radius 2 is 1.66 bits per heavy atom. The molecule has 0 fully saturated rings. The van der Waals surface area contributed by atoms with Gasteiger partial charge in [-0.3, -0.25) is 9.10 Å². The highest BCUT2D eigenvalue weighted by atomic mass is 35.5. The minimum Gasteiger partial charge on any atom is -0.495 e. The van der Waals surface area contributed by atoms with Crippen LogP contribution < -0.4 is 19.1 Å². The Balaban J connectivity index is 1.94. The highest BCUT2D eigenvalue weighted by molar-refractivity contribution is 7.92. The van der Waals surface area contributed by atoms with Crippen molar-refractivity contribution >= 4 is 38.9 Å². The summed E-state index contributed by atoms with van der Waals surface area (Å²) in [6, 6.07) is 19.1. The first-order valence-electron chi connectivity index (χ1n) is 9.79. The number of carbonyl (C=O) groups is 1. The lowest BCUT2D eigenvalue weighted by Crippen LogP contribution is -2.38. The van der Waals surface area contributed by atoms with Crippen LogP contribution in [0.15, 0.2) is 77.7 Å². The number of rotatable bonds is 9. The molecule has 3 rings (SSSR count). The van der Waals surface area contributed by atoms with Gasteiger partial charge in [0.15, 0.2) is 0 Å². The third-order valence-corrected chi connectivity index (χ3v) is 6.55. The first-order valence-corrected chi connectivity index (χ1v) is 11.6. The summed E-state index contributed by atoms with van der Waals surface area (Å²) in [6.07, 6.45) is 0. The molecule has 0 unspecified atom stereocenters. The Morgan fingerprint density at radius 3 is 2.28 bits per heavy atom. The number of anilines is 2. The normalized spacial score (nSPS) is 11.0. The number of hydrogen-bond acceptors (Lipinski definition) is 5. The van der Waals surface area contributed by atoms with E-state index in [0.29, 0.717) is 34.5 Å². The molecule has 168 valence electrons. The molecule has 32 heavy (non-hydrogen) atoms. The van der Waals surface area contributed by atoms with E-state index in [4.69, 9.17) is 21.1 Å². The van der Waals surface area contributed by atoms with Crippen molar-refractivity contribution in [2.24, 2.45) is 0 Å². The standard InChI is InChI=1S/C23H23ClN2O5S/c1-3-31-19-12-10-18(11-13-19)26(32(28,29)20-14-8-17(24)9-15-20)16-23(27)25-21-6-4-5-7-22(21)30-2/h4-15H,3,16H2,1-2H3,(H,25,27). The maximum atomic E-state index is 13.4. The zero-order valence-corrected chi connectivity index (χ0v) is 19.2. The van der Waals surface area contributed by atoms with Crippen molar-refractivity contribution in [3.63, 3.8) is 0 Å². The molecule has 0 aromatic heterocycles. The van der Waals surface area contributed by atoms with E-state index in [-0.39, 0.29) is 4.90 Å². The van der Waals surface area contributed by atoms with Crippen LogP contribution >= 0.6 is 11.6 Å². The fourth-order valence-corrected chi connectivity index (χ4v) is 4.54. The molecule has 1 N–H and O–H groups in total. The van der Waals surface area contributed by atoms with Crippen molar-refractivity contribution in [1.29, 1.82) is 0 Å². The van der Waals surface area contributed by atoms with Gasteiger partial charge in [0.05, 0.1) is 30.0 Å². The first-order chi connectivity index (χ1) is 15.3. The third kappa shape index (κ3) is 5.52. The molecule has 3 aromatic rings. The number of ether oxygens (including phenoxy) is 2. The number of benzene rings is 3. The fourth-order valence-electron chi connectivity index (χ4n) is 2.99. The van der Waals surface area contributed by atoms with E-state index in [1.165, 1.54) is 31.4 Å². The Morgan fingerprint density at radius 1 is 1.00 bits per heavy atom. The SMILES string of the molecule is CCOc1ccc(N(CC(=O)Nc2ccccc2OC)S(=O)(=O)c2ccc(Cl)cc2)cc1. The summed E-state index contributed by atoms with van der Waals surface area (Å²) >= 11 is 5.91. The van der Waals surface area contributed by atoms with E-state index in [2.05, 4.69) is 5.32 Å². The predicted molar refractivity (Wildman–Crippen MR) is 125 cm³/mol. The van der Waals surface area contributed by atoms with Gasteiger partial charge in [-0.15, -0.1) is 0 Å². The second-order valence-electron chi connectivity index (χ2n) is 6.64. The topological polar surface area (TPSA) is 84.9 Å². The van der Waals surface area contributed by atoms with Crippen LogP contribution in [0.1, 0.15) is 6.92 Å². The average Bonchev–Trinajstić information content (AvgIpc) is 2.79. The largest absolute Gasteiger partial charge is 0.495 e. The Labute approximate surface area is 192 Å². The summed E-state index contributed by atoms with van der Waals surface area (Å²) in [5.74, 6) is 0.536. The summed E-state index contributed by atoms with van der Waals surface area (Å²) < 4.78 is 38.5. The van der Waals surface area contributed by atoms with Gasteiger partial charge in [0, 0.05) is 5.02 Å². The van der Waals surface area contributed by atoms with E-state index < -0.39 is 22.5 Å². The number of hydrogen-bond donors (Lipinski definition) is 1. The van der Waals surface area contributed by atoms with Gasteiger partial charge in [0.1, 0.15) is 18.0 Å². The number of nitrogens with one attached hydrogen (secondary N) is 1. The molecule has 0 bridgehead atoms. The highest BCUT2D eigenvalue weighted by Gasteiger charge is 2.27. The molecule has 0 aliphatic rings. The lowest BCUT2D eigenvalue weighted by Gasteiger charge is -2.24. The zero-order chi connectivity index (χ0) is 23.1. The highest BCUT2D eigenvalue weighted by Crippen LogP contribution is 2.28. The molecule has 9 heteroatoms. The molecule has 0 radical (unpaired) electrons. The summed E-state index contributed by atoms with van der Waals surface area (Å²) in [6.45, 7) is 1.89. The monoisotopic (exact) mass is 474 g/mol. The minimum absolute atomic E-state index is 0.0147. The molecule has 0 aliphatic carbocycles. The third-order valence-electron chi connectivity index (χ3n) is 4.51. The van der Waals surface area contributed by atoms with Crippen molar-refractivity contribution in [2.75, 3.05) is 29.9 Å². The van der Waals surface area contributed by atoms with Crippen LogP contribution in [0, 0.1) is 0 Å². The second kappa shape index (κ2) is 10.4. The van der Waals surface area contributed by atoms with Gasteiger partial charge in [0.2, 0.25) is 5.91 Å². The molecule has 0 aliphatic heterocycles. The molecule has 7 nitrogen and oxygen atoms in total. The number of amides is 1. The second-order valence-corrected chi connectivity index (χ2v) is 8.94. The van der Waals surface area contributed by atoms with Crippen LogP contribution in [-0.4, -0.2) is 34.6 Å². The van der Waals surface area contributed by atoms with Crippen LogP contribution in [0.2, 0.25) is 5.02 Å².